The summed E-state index contributed by atoms with van der Waals surface area (Å²) in [7, 11) is 0. The first-order chi connectivity index (χ1) is 12.1. The van der Waals surface area contributed by atoms with Crippen LogP contribution in [0.3, 0.4) is 0 Å². The minimum Gasteiger partial charge on any atom is -0.351 e. The van der Waals surface area contributed by atoms with E-state index in [2.05, 4.69) is 24.1 Å². The van der Waals surface area contributed by atoms with Crippen molar-refractivity contribution in [3.63, 3.8) is 0 Å². The molecule has 1 amide bonds. The van der Waals surface area contributed by atoms with Crippen molar-refractivity contribution in [2.75, 3.05) is 26.2 Å². The number of rotatable bonds is 7. The quantitative estimate of drug-likeness (QED) is 0.618. The Morgan fingerprint density at radius 2 is 2.12 bits per heavy atom. The van der Waals surface area contributed by atoms with Crippen LogP contribution in [0.5, 0.6) is 0 Å². The molecule has 3 aromatic rings. The maximum absolute atomic E-state index is 12.5. The zero-order valence-corrected chi connectivity index (χ0v) is 15.4. The molecule has 3 heterocycles. The second-order valence-corrected chi connectivity index (χ2v) is 7.02. The lowest BCUT2D eigenvalue weighted by Gasteiger charge is -2.14. The summed E-state index contributed by atoms with van der Waals surface area (Å²) < 4.78 is 1.50. The van der Waals surface area contributed by atoms with Gasteiger partial charge in [-0.3, -0.25) is 14.0 Å². The lowest BCUT2D eigenvalue weighted by Crippen LogP contribution is -3.11. The van der Waals surface area contributed by atoms with E-state index in [0.717, 1.165) is 26.1 Å². The van der Waals surface area contributed by atoms with Gasteiger partial charge in [0, 0.05) is 19.2 Å². The SMILES string of the molecule is CC[NH+](CC)CCCNC(=O)c1cc2c(=O)n3ccccc3nc2s1. The fraction of sp³-hybridized carbons (Fsp3) is 0.389. The van der Waals surface area contributed by atoms with Crippen molar-refractivity contribution in [2.24, 2.45) is 0 Å². The van der Waals surface area contributed by atoms with Gasteiger partial charge in [0.15, 0.2) is 0 Å². The number of nitrogens with zero attached hydrogens (tertiary/aromatic N) is 2. The second-order valence-electron chi connectivity index (χ2n) is 5.99. The van der Waals surface area contributed by atoms with E-state index < -0.39 is 0 Å². The third kappa shape index (κ3) is 3.72. The van der Waals surface area contributed by atoms with E-state index in [9.17, 15) is 9.59 Å². The number of aromatic nitrogens is 2. The van der Waals surface area contributed by atoms with Crippen LogP contribution >= 0.6 is 11.3 Å². The number of carbonyl (C=O) groups is 1. The summed E-state index contributed by atoms with van der Waals surface area (Å²) in [6.45, 7) is 8.24. The van der Waals surface area contributed by atoms with E-state index in [4.69, 9.17) is 0 Å². The standard InChI is InChI=1S/C18H22N4O2S/c1-3-21(4-2)10-7-9-19-16(23)14-12-13-17(25-14)20-15-8-5-6-11-22(15)18(13)24/h5-6,8,11-12H,3-4,7,9-10H2,1-2H3,(H,19,23)/p+1. The first-order valence-corrected chi connectivity index (χ1v) is 9.48. The maximum atomic E-state index is 12.5. The normalized spacial score (nSPS) is 11.5. The monoisotopic (exact) mass is 359 g/mol. The molecule has 3 aromatic heterocycles. The Labute approximate surface area is 150 Å². The van der Waals surface area contributed by atoms with Gasteiger partial charge in [-0.2, -0.15) is 0 Å². The molecule has 25 heavy (non-hydrogen) atoms. The molecule has 132 valence electrons. The lowest BCUT2D eigenvalue weighted by atomic mass is 10.3. The number of nitrogens with one attached hydrogen (secondary N) is 2. The van der Waals surface area contributed by atoms with Gasteiger partial charge in [-0.05, 0) is 32.0 Å². The van der Waals surface area contributed by atoms with Gasteiger partial charge in [0.25, 0.3) is 11.5 Å². The van der Waals surface area contributed by atoms with E-state index in [1.54, 1.807) is 24.4 Å². The predicted octanol–water partition coefficient (Wildman–Crippen LogP) is 0.954. The van der Waals surface area contributed by atoms with E-state index >= 15 is 0 Å². The zero-order valence-electron chi connectivity index (χ0n) is 14.5. The number of fused-ring (bicyclic) bond motifs is 2. The van der Waals surface area contributed by atoms with Crippen LogP contribution in [0, 0.1) is 0 Å². The summed E-state index contributed by atoms with van der Waals surface area (Å²) in [6, 6.07) is 7.07. The van der Waals surface area contributed by atoms with Gasteiger partial charge >= 0.3 is 0 Å². The summed E-state index contributed by atoms with van der Waals surface area (Å²) in [5, 5.41) is 3.44. The smallest absolute Gasteiger partial charge is 0.266 e. The van der Waals surface area contributed by atoms with Crippen LogP contribution in [0.4, 0.5) is 0 Å². The number of hydrogen-bond acceptors (Lipinski definition) is 4. The summed E-state index contributed by atoms with van der Waals surface area (Å²) >= 11 is 1.27. The highest BCUT2D eigenvalue weighted by Crippen LogP contribution is 2.21. The summed E-state index contributed by atoms with van der Waals surface area (Å²) in [6.07, 6.45) is 2.63. The zero-order chi connectivity index (χ0) is 17.8. The molecule has 0 bridgehead atoms. The molecule has 0 atom stereocenters. The van der Waals surface area contributed by atoms with Crippen LogP contribution < -0.4 is 15.8 Å². The number of pyridine rings is 1. The largest absolute Gasteiger partial charge is 0.351 e. The van der Waals surface area contributed by atoms with Crippen molar-refractivity contribution < 1.29 is 9.69 Å². The molecule has 0 saturated carbocycles. The van der Waals surface area contributed by atoms with Crippen LogP contribution in [-0.2, 0) is 0 Å². The Balaban J connectivity index is 1.73. The fourth-order valence-corrected chi connectivity index (χ4v) is 3.84. The Morgan fingerprint density at radius 3 is 2.88 bits per heavy atom. The Hall–Kier alpha value is -2.25. The molecular formula is C18H23N4O2S+. The molecule has 0 saturated heterocycles. The molecule has 0 fully saturated rings. The predicted molar refractivity (Wildman–Crippen MR) is 101 cm³/mol. The number of hydrogen-bond donors (Lipinski definition) is 2. The summed E-state index contributed by atoms with van der Waals surface area (Å²) in [5.41, 5.74) is 0.456. The third-order valence-corrected chi connectivity index (χ3v) is 5.46. The van der Waals surface area contributed by atoms with E-state index in [0.29, 0.717) is 27.3 Å². The van der Waals surface area contributed by atoms with Gasteiger partial charge < -0.3 is 10.2 Å². The maximum Gasteiger partial charge on any atom is 0.266 e. The van der Waals surface area contributed by atoms with Gasteiger partial charge in [-0.25, -0.2) is 4.98 Å². The van der Waals surface area contributed by atoms with Gasteiger partial charge in [0.05, 0.1) is 29.9 Å². The second kappa shape index (κ2) is 7.76. The third-order valence-electron chi connectivity index (χ3n) is 4.43. The van der Waals surface area contributed by atoms with E-state index in [1.807, 2.05) is 6.07 Å². The fourth-order valence-electron chi connectivity index (χ4n) is 2.89. The van der Waals surface area contributed by atoms with E-state index in [1.165, 1.54) is 20.6 Å². The summed E-state index contributed by atoms with van der Waals surface area (Å²) in [4.78, 5) is 32.0. The number of quaternary nitrogens is 1. The average Bonchev–Trinajstić information content (AvgIpc) is 3.06. The lowest BCUT2D eigenvalue weighted by molar-refractivity contribution is -0.896. The highest BCUT2D eigenvalue weighted by Gasteiger charge is 2.14. The molecule has 0 aliphatic carbocycles. The molecule has 0 radical (unpaired) electrons. The van der Waals surface area contributed by atoms with Gasteiger partial charge in [-0.1, -0.05) is 6.07 Å². The van der Waals surface area contributed by atoms with Crippen LogP contribution in [0.15, 0.2) is 35.3 Å². The van der Waals surface area contributed by atoms with Crippen molar-refractivity contribution in [1.82, 2.24) is 14.7 Å². The average molecular weight is 359 g/mol. The Morgan fingerprint density at radius 1 is 1.32 bits per heavy atom. The Bertz CT molecular complexity index is 943. The molecule has 0 aromatic carbocycles. The van der Waals surface area contributed by atoms with Crippen molar-refractivity contribution in [3.8, 4) is 0 Å². The Kier molecular flexibility index (Phi) is 5.45. The van der Waals surface area contributed by atoms with Crippen LogP contribution in [-0.4, -0.2) is 41.5 Å². The number of carbonyl (C=O) groups excluding carboxylic acids is 1. The molecule has 0 spiro atoms. The molecule has 0 aliphatic rings. The van der Waals surface area contributed by atoms with Crippen molar-refractivity contribution in [2.45, 2.75) is 20.3 Å². The van der Waals surface area contributed by atoms with E-state index in [-0.39, 0.29) is 11.5 Å². The minimum absolute atomic E-state index is 0.133. The minimum atomic E-state index is -0.138. The van der Waals surface area contributed by atoms with Crippen molar-refractivity contribution >= 4 is 33.1 Å². The first-order valence-electron chi connectivity index (χ1n) is 8.66. The molecule has 3 rings (SSSR count). The molecule has 0 unspecified atom stereocenters. The molecule has 6 nitrogen and oxygen atoms in total. The first kappa shape index (κ1) is 17.6. The van der Waals surface area contributed by atoms with Gasteiger partial charge in [0.2, 0.25) is 0 Å². The highest BCUT2D eigenvalue weighted by molar-refractivity contribution is 7.20. The van der Waals surface area contributed by atoms with Gasteiger partial charge in [-0.15, -0.1) is 11.3 Å². The van der Waals surface area contributed by atoms with Crippen molar-refractivity contribution in [1.29, 1.82) is 0 Å². The van der Waals surface area contributed by atoms with Crippen LogP contribution in [0.25, 0.3) is 15.9 Å². The molecule has 2 N–H and O–H groups in total. The summed E-state index contributed by atoms with van der Waals surface area (Å²) in [5.74, 6) is -0.133. The number of thiophene rings is 1. The molecule has 0 aliphatic heterocycles. The van der Waals surface area contributed by atoms with Crippen molar-refractivity contribution in [3.05, 3.63) is 45.7 Å². The number of amides is 1. The molecular weight excluding hydrogens is 336 g/mol. The highest BCUT2D eigenvalue weighted by atomic mass is 32.1. The molecule has 7 heteroatoms. The van der Waals surface area contributed by atoms with Crippen LogP contribution in [0.2, 0.25) is 0 Å². The van der Waals surface area contributed by atoms with Crippen LogP contribution in [0.1, 0.15) is 29.9 Å². The van der Waals surface area contributed by atoms with Gasteiger partial charge in [0.1, 0.15) is 10.5 Å². The topological polar surface area (TPSA) is 67.9 Å².